The third-order valence-electron chi connectivity index (χ3n) is 5.30. The maximum Gasteiger partial charge on any atom is 0.312 e. The number of halogens is 2. The van der Waals surface area contributed by atoms with Gasteiger partial charge < -0.3 is 19.1 Å². The van der Waals surface area contributed by atoms with E-state index in [1.54, 1.807) is 20.3 Å². The molecule has 3 rings (SSSR count). The monoisotopic (exact) mass is 470 g/mol. The van der Waals surface area contributed by atoms with Crippen LogP contribution < -0.4 is 14.4 Å². The van der Waals surface area contributed by atoms with Crippen LogP contribution in [0.3, 0.4) is 0 Å². The van der Waals surface area contributed by atoms with E-state index >= 15 is 0 Å². The van der Waals surface area contributed by atoms with Gasteiger partial charge in [-0.1, -0.05) is 24.3 Å². The van der Waals surface area contributed by atoms with Crippen LogP contribution in [-0.2, 0) is 23.7 Å². The second-order valence-corrected chi connectivity index (χ2v) is 7.84. The van der Waals surface area contributed by atoms with Crippen LogP contribution in [0.25, 0.3) is 0 Å². The van der Waals surface area contributed by atoms with E-state index < -0.39 is 24.0 Å². The van der Waals surface area contributed by atoms with Crippen molar-refractivity contribution in [2.24, 2.45) is 0 Å². The molecule has 0 amide bonds. The summed E-state index contributed by atoms with van der Waals surface area (Å²) in [7, 11) is 4.38. The first-order valence-corrected chi connectivity index (χ1v) is 10.7. The van der Waals surface area contributed by atoms with Crippen LogP contribution in [0.15, 0.2) is 60.7 Å². The van der Waals surface area contributed by atoms with Gasteiger partial charge in [-0.3, -0.25) is 4.79 Å². The van der Waals surface area contributed by atoms with Gasteiger partial charge in [0.25, 0.3) is 0 Å². The summed E-state index contributed by atoms with van der Waals surface area (Å²) >= 11 is 0. The molecule has 0 fully saturated rings. The maximum absolute atomic E-state index is 14.7. The number of carbonyl (C=O) groups excluding carboxylic acids is 1. The number of hydrogen-bond acceptors (Lipinski definition) is 6. The van der Waals surface area contributed by atoms with Gasteiger partial charge in [-0.15, -0.1) is 0 Å². The molecule has 0 spiro atoms. The Morgan fingerprint density at radius 1 is 0.882 bits per heavy atom. The predicted molar refractivity (Wildman–Crippen MR) is 126 cm³/mol. The molecule has 0 saturated carbocycles. The van der Waals surface area contributed by atoms with Gasteiger partial charge in [0.2, 0.25) is 0 Å². The zero-order chi connectivity index (χ0) is 24.7. The molecule has 0 unspecified atom stereocenters. The Kier molecular flexibility index (Phi) is 8.17. The molecule has 3 aromatic rings. The number of methoxy groups -OCH3 is 3. The number of benzene rings is 2. The molecule has 8 heteroatoms. The molecule has 0 N–H and O–H groups in total. The Labute approximate surface area is 198 Å². The number of anilines is 1. The fourth-order valence-electron chi connectivity index (χ4n) is 3.46. The summed E-state index contributed by atoms with van der Waals surface area (Å²) < 4.78 is 44.6. The van der Waals surface area contributed by atoms with E-state index in [1.165, 1.54) is 20.1 Å². The Hall–Kier alpha value is -3.52. The lowest BCUT2D eigenvalue weighted by atomic mass is 10.1. The van der Waals surface area contributed by atoms with Crippen LogP contribution in [-0.4, -0.2) is 38.7 Å². The van der Waals surface area contributed by atoms with Crippen molar-refractivity contribution in [3.8, 4) is 11.5 Å². The van der Waals surface area contributed by atoms with Crippen molar-refractivity contribution in [2.45, 2.75) is 25.9 Å². The topological polar surface area (TPSA) is 60.9 Å². The molecular weight excluding hydrogens is 442 g/mol. The molecule has 34 heavy (non-hydrogen) atoms. The van der Waals surface area contributed by atoms with Crippen LogP contribution in [0.5, 0.6) is 11.5 Å². The van der Waals surface area contributed by atoms with Gasteiger partial charge in [0.1, 0.15) is 29.5 Å². The maximum atomic E-state index is 14.7. The minimum Gasteiger partial charge on any atom is -0.497 e. The van der Waals surface area contributed by atoms with Crippen LogP contribution >= 0.6 is 0 Å². The van der Waals surface area contributed by atoms with Gasteiger partial charge in [-0.25, -0.2) is 4.98 Å². The minimum absolute atomic E-state index is 0.0299. The summed E-state index contributed by atoms with van der Waals surface area (Å²) in [6.07, 6.45) is 0. The Morgan fingerprint density at radius 3 is 1.79 bits per heavy atom. The molecule has 6 nitrogen and oxygen atoms in total. The van der Waals surface area contributed by atoms with Gasteiger partial charge in [-0.05, 0) is 47.5 Å². The number of Topliss-reactive ketones (excluding diaryl/α,β-unsaturated/α-hetero) is 1. The van der Waals surface area contributed by atoms with Crippen molar-refractivity contribution < 1.29 is 27.8 Å². The molecule has 1 heterocycles. The average Bonchev–Trinajstić information content (AvgIpc) is 2.84. The molecule has 0 atom stereocenters. The SMILES string of the molecule is COCC(F)(F)c1cc(N(Cc2ccc(OC)cc2)Cc2ccc(OC)cc2)cc(C(C)=O)n1. The van der Waals surface area contributed by atoms with Crippen molar-refractivity contribution >= 4 is 11.5 Å². The molecule has 0 aliphatic rings. The standard InChI is InChI=1S/C26H28F2N2O4/c1-18(31)24-13-21(14-25(29-24)26(27,28)17-32-2)30(15-19-5-9-22(33-3)10-6-19)16-20-7-11-23(34-4)12-8-20/h5-14H,15-17H2,1-4H3. The summed E-state index contributed by atoms with van der Waals surface area (Å²) in [6.45, 7) is 1.29. The second-order valence-electron chi connectivity index (χ2n) is 7.84. The van der Waals surface area contributed by atoms with Crippen molar-refractivity contribution in [3.63, 3.8) is 0 Å². The smallest absolute Gasteiger partial charge is 0.312 e. The van der Waals surface area contributed by atoms with Gasteiger partial charge in [0.05, 0.1) is 14.2 Å². The highest BCUT2D eigenvalue weighted by Gasteiger charge is 2.35. The van der Waals surface area contributed by atoms with E-state index in [1.807, 2.05) is 53.4 Å². The zero-order valence-corrected chi connectivity index (χ0v) is 19.7. The number of pyridine rings is 1. The van der Waals surface area contributed by atoms with E-state index in [9.17, 15) is 13.6 Å². The van der Waals surface area contributed by atoms with Crippen LogP contribution in [0.4, 0.5) is 14.5 Å². The molecule has 0 aliphatic heterocycles. The van der Waals surface area contributed by atoms with Gasteiger partial charge >= 0.3 is 5.92 Å². The predicted octanol–water partition coefficient (Wildman–Crippen LogP) is 5.25. The normalized spacial score (nSPS) is 11.2. The molecule has 0 aliphatic carbocycles. The Morgan fingerprint density at radius 2 is 1.38 bits per heavy atom. The highest BCUT2D eigenvalue weighted by Crippen LogP contribution is 2.32. The molecule has 0 bridgehead atoms. The lowest BCUT2D eigenvalue weighted by Crippen LogP contribution is -2.26. The fraction of sp³-hybridized carbons (Fsp3) is 0.308. The Balaban J connectivity index is 2.05. The summed E-state index contributed by atoms with van der Waals surface area (Å²) in [4.78, 5) is 18.0. The van der Waals surface area contributed by atoms with E-state index in [2.05, 4.69) is 9.72 Å². The Bertz CT molecular complexity index is 1050. The number of hydrogen-bond donors (Lipinski definition) is 0. The lowest BCUT2D eigenvalue weighted by Gasteiger charge is -2.27. The highest BCUT2D eigenvalue weighted by molar-refractivity contribution is 5.93. The number of ether oxygens (including phenoxy) is 3. The first-order valence-electron chi connectivity index (χ1n) is 10.7. The first kappa shape index (κ1) is 25.1. The summed E-state index contributed by atoms with van der Waals surface area (Å²) in [5.41, 5.74) is 1.81. The molecule has 180 valence electrons. The van der Waals surface area contributed by atoms with Crippen molar-refractivity contribution in [1.82, 2.24) is 4.98 Å². The van der Waals surface area contributed by atoms with E-state index in [-0.39, 0.29) is 5.69 Å². The highest BCUT2D eigenvalue weighted by atomic mass is 19.3. The largest absolute Gasteiger partial charge is 0.497 e. The quantitative estimate of drug-likeness (QED) is 0.357. The average molecular weight is 471 g/mol. The van der Waals surface area contributed by atoms with Crippen molar-refractivity contribution in [1.29, 1.82) is 0 Å². The molecule has 2 aromatic carbocycles. The van der Waals surface area contributed by atoms with Crippen LogP contribution in [0.2, 0.25) is 0 Å². The minimum atomic E-state index is -3.35. The summed E-state index contributed by atoms with van der Waals surface area (Å²) in [6, 6.07) is 17.9. The number of carbonyl (C=O) groups is 1. The van der Waals surface area contributed by atoms with Crippen molar-refractivity contribution in [3.05, 3.63) is 83.2 Å². The molecule has 1 aromatic heterocycles. The number of nitrogens with zero attached hydrogens (tertiary/aromatic N) is 2. The van der Waals surface area contributed by atoms with E-state index in [0.29, 0.717) is 18.8 Å². The lowest BCUT2D eigenvalue weighted by molar-refractivity contribution is -0.0731. The zero-order valence-electron chi connectivity index (χ0n) is 19.7. The van der Waals surface area contributed by atoms with Crippen LogP contribution in [0.1, 0.15) is 34.2 Å². The van der Waals surface area contributed by atoms with Gasteiger partial charge in [0, 0.05) is 32.8 Å². The van der Waals surface area contributed by atoms with E-state index in [0.717, 1.165) is 22.6 Å². The molecule has 0 saturated heterocycles. The number of alkyl halides is 2. The van der Waals surface area contributed by atoms with E-state index in [4.69, 9.17) is 9.47 Å². The van der Waals surface area contributed by atoms with Crippen LogP contribution in [0, 0.1) is 0 Å². The van der Waals surface area contributed by atoms with Crippen molar-refractivity contribution in [2.75, 3.05) is 32.8 Å². The number of aromatic nitrogens is 1. The third kappa shape index (κ3) is 6.29. The first-order chi connectivity index (χ1) is 16.2. The molecular formula is C26H28F2N2O4. The summed E-state index contributed by atoms with van der Waals surface area (Å²) in [5.74, 6) is -2.31. The van der Waals surface area contributed by atoms with Gasteiger partial charge in [-0.2, -0.15) is 8.78 Å². The fourth-order valence-corrected chi connectivity index (χ4v) is 3.46. The molecule has 0 radical (unpaired) electrons. The third-order valence-corrected chi connectivity index (χ3v) is 5.30. The summed E-state index contributed by atoms with van der Waals surface area (Å²) in [5, 5.41) is 0. The number of rotatable bonds is 11. The van der Waals surface area contributed by atoms with Gasteiger partial charge in [0.15, 0.2) is 5.78 Å². The number of ketones is 1. The second kappa shape index (κ2) is 11.1.